The smallest absolute Gasteiger partial charge is 0.113 e. The molecule has 1 heteroatoms. The van der Waals surface area contributed by atoms with Crippen LogP contribution in [-0.2, 0) is 0 Å². The molecule has 46 valence electrons. The van der Waals surface area contributed by atoms with Crippen LogP contribution in [0, 0.1) is 0 Å². The lowest BCUT2D eigenvalue weighted by Gasteiger charge is -1.93. The van der Waals surface area contributed by atoms with Crippen LogP contribution in [0.5, 0.6) is 0 Å². The van der Waals surface area contributed by atoms with E-state index in [-0.39, 0.29) is 0 Å². The Kier molecular flexibility index (Phi) is 3.01. The maximum Gasteiger partial charge on any atom is 0.113 e. The van der Waals surface area contributed by atoms with E-state index in [0.29, 0.717) is 5.76 Å². The molecule has 0 aliphatic rings. The van der Waals surface area contributed by atoms with Gasteiger partial charge in [0, 0.05) is 0 Å². The summed E-state index contributed by atoms with van der Waals surface area (Å²) in [5.74, 6) is 0.368. The predicted octanol–water partition coefficient (Wildman–Crippen LogP) is 2.41. The van der Waals surface area contributed by atoms with E-state index in [1.54, 1.807) is 6.08 Å². The van der Waals surface area contributed by atoms with Crippen molar-refractivity contribution in [2.24, 2.45) is 0 Å². The third-order valence-electron chi connectivity index (χ3n) is 1.11. The predicted molar refractivity (Wildman–Crippen MR) is 35.8 cm³/mol. The standard InChI is InChI=1S/C7H12O/c1-4-6(3)7(8)5-2/h4-5,8H,1-3H3/b6-4+,7-5-. The van der Waals surface area contributed by atoms with Crippen molar-refractivity contribution >= 4 is 0 Å². The SMILES string of the molecule is C/C=C(O)/C(C)=C/C. The Balaban J connectivity index is 4.04. The molecule has 0 aromatic heterocycles. The molecule has 0 bridgehead atoms. The van der Waals surface area contributed by atoms with Crippen LogP contribution >= 0.6 is 0 Å². The van der Waals surface area contributed by atoms with Crippen molar-refractivity contribution in [3.8, 4) is 0 Å². The van der Waals surface area contributed by atoms with Gasteiger partial charge >= 0.3 is 0 Å². The van der Waals surface area contributed by atoms with Gasteiger partial charge in [0.05, 0.1) is 0 Å². The van der Waals surface area contributed by atoms with E-state index < -0.39 is 0 Å². The molecule has 0 rings (SSSR count). The van der Waals surface area contributed by atoms with Crippen LogP contribution in [0.15, 0.2) is 23.5 Å². The summed E-state index contributed by atoms with van der Waals surface area (Å²) in [7, 11) is 0. The highest BCUT2D eigenvalue weighted by molar-refractivity contribution is 5.20. The van der Waals surface area contributed by atoms with Crippen LogP contribution in [0.2, 0.25) is 0 Å². The first-order chi connectivity index (χ1) is 3.72. The molecular weight excluding hydrogens is 100 g/mol. The lowest BCUT2D eigenvalue weighted by Crippen LogP contribution is -1.79. The van der Waals surface area contributed by atoms with E-state index in [4.69, 9.17) is 5.11 Å². The minimum Gasteiger partial charge on any atom is -0.508 e. The molecule has 0 atom stereocenters. The molecule has 0 aliphatic carbocycles. The summed E-state index contributed by atoms with van der Waals surface area (Å²) < 4.78 is 0. The van der Waals surface area contributed by atoms with E-state index in [1.165, 1.54) is 0 Å². The molecule has 0 aliphatic heterocycles. The van der Waals surface area contributed by atoms with E-state index in [0.717, 1.165) is 5.57 Å². The first-order valence-electron chi connectivity index (χ1n) is 2.71. The van der Waals surface area contributed by atoms with Crippen LogP contribution < -0.4 is 0 Å². The zero-order valence-corrected chi connectivity index (χ0v) is 5.60. The van der Waals surface area contributed by atoms with Gasteiger partial charge in [-0.15, -0.1) is 0 Å². The second kappa shape index (κ2) is 3.30. The van der Waals surface area contributed by atoms with Gasteiger partial charge < -0.3 is 5.11 Å². The highest BCUT2D eigenvalue weighted by atomic mass is 16.3. The summed E-state index contributed by atoms with van der Waals surface area (Å²) >= 11 is 0. The highest BCUT2D eigenvalue weighted by Gasteiger charge is 1.88. The molecule has 0 aromatic carbocycles. The molecule has 1 nitrogen and oxygen atoms in total. The molecule has 0 spiro atoms. The van der Waals surface area contributed by atoms with Crippen LogP contribution in [0.25, 0.3) is 0 Å². The van der Waals surface area contributed by atoms with Crippen molar-refractivity contribution in [2.75, 3.05) is 0 Å². The van der Waals surface area contributed by atoms with Crippen molar-refractivity contribution in [1.29, 1.82) is 0 Å². The van der Waals surface area contributed by atoms with Gasteiger partial charge in [0.15, 0.2) is 0 Å². The largest absolute Gasteiger partial charge is 0.508 e. The third-order valence-corrected chi connectivity index (χ3v) is 1.11. The molecule has 0 radical (unpaired) electrons. The average Bonchev–Trinajstić information content (AvgIpc) is 1.84. The average molecular weight is 112 g/mol. The Morgan fingerprint density at radius 1 is 1.25 bits per heavy atom. The van der Waals surface area contributed by atoms with Crippen molar-refractivity contribution in [3.63, 3.8) is 0 Å². The second-order valence-electron chi connectivity index (χ2n) is 1.65. The fourth-order valence-electron chi connectivity index (χ4n) is 0.376. The third kappa shape index (κ3) is 1.82. The van der Waals surface area contributed by atoms with Gasteiger partial charge in [0.25, 0.3) is 0 Å². The summed E-state index contributed by atoms with van der Waals surface area (Å²) in [6.45, 7) is 5.58. The van der Waals surface area contributed by atoms with Crippen molar-refractivity contribution in [2.45, 2.75) is 20.8 Å². The van der Waals surface area contributed by atoms with Gasteiger partial charge in [-0.3, -0.25) is 0 Å². The molecule has 0 heterocycles. The first-order valence-corrected chi connectivity index (χ1v) is 2.71. The Bertz CT molecular complexity index is 104. The minimum atomic E-state index is 0.368. The molecule has 0 fully saturated rings. The number of rotatable bonds is 1. The van der Waals surface area contributed by atoms with Crippen molar-refractivity contribution in [1.82, 2.24) is 0 Å². The molecular formula is C7H12O. The Morgan fingerprint density at radius 2 is 1.75 bits per heavy atom. The number of hydrogen-bond acceptors (Lipinski definition) is 1. The quantitative estimate of drug-likeness (QED) is 0.408. The number of aliphatic hydroxyl groups excluding tert-OH is 1. The van der Waals surface area contributed by atoms with Crippen LogP contribution in [0.1, 0.15) is 20.8 Å². The molecule has 0 saturated carbocycles. The maximum atomic E-state index is 8.92. The van der Waals surface area contributed by atoms with E-state index >= 15 is 0 Å². The van der Waals surface area contributed by atoms with E-state index in [9.17, 15) is 0 Å². The van der Waals surface area contributed by atoms with Crippen LogP contribution in [0.3, 0.4) is 0 Å². The van der Waals surface area contributed by atoms with Crippen molar-refractivity contribution in [3.05, 3.63) is 23.5 Å². The zero-order chi connectivity index (χ0) is 6.57. The molecule has 0 saturated heterocycles. The summed E-state index contributed by atoms with van der Waals surface area (Å²) in [6.07, 6.45) is 3.55. The fraction of sp³-hybridized carbons (Fsp3) is 0.429. The summed E-state index contributed by atoms with van der Waals surface area (Å²) in [5, 5.41) is 8.92. The molecule has 0 aromatic rings. The fourth-order valence-corrected chi connectivity index (χ4v) is 0.376. The lowest BCUT2D eigenvalue weighted by molar-refractivity contribution is 0.422. The van der Waals surface area contributed by atoms with Gasteiger partial charge in [0.2, 0.25) is 0 Å². The summed E-state index contributed by atoms with van der Waals surface area (Å²) in [5.41, 5.74) is 0.924. The van der Waals surface area contributed by atoms with Crippen LogP contribution in [0.4, 0.5) is 0 Å². The number of aliphatic hydroxyl groups is 1. The van der Waals surface area contributed by atoms with Gasteiger partial charge in [-0.1, -0.05) is 6.08 Å². The van der Waals surface area contributed by atoms with Gasteiger partial charge in [0.1, 0.15) is 5.76 Å². The number of allylic oxidation sites excluding steroid dienone is 3. The second-order valence-corrected chi connectivity index (χ2v) is 1.65. The lowest BCUT2D eigenvalue weighted by atomic mass is 10.2. The maximum absolute atomic E-state index is 8.92. The zero-order valence-electron chi connectivity index (χ0n) is 5.60. The Labute approximate surface area is 50.3 Å². The summed E-state index contributed by atoms with van der Waals surface area (Å²) in [4.78, 5) is 0. The van der Waals surface area contributed by atoms with Gasteiger partial charge in [-0.25, -0.2) is 0 Å². The Morgan fingerprint density at radius 3 is 1.88 bits per heavy atom. The molecule has 0 unspecified atom stereocenters. The van der Waals surface area contributed by atoms with E-state index in [1.807, 2.05) is 26.8 Å². The monoisotopic (exact) mass is 112 g/mol. The normalized spacial score (nSPS) is 14.4. The van der Waals surface area contributed by atoms with Gasteiger partial charge in [-0.05, 0) is 32.4 Å². The topological polar surface area (TPSA) is 20.2 Å². The van der Waals surface area contributed by atoms with Crippen molar-refractivity contribution < 1.29 is 5.11 Å². The highest BCUT2D eigenvalue weighted by Crippen LogP contribution is 2.02. The molecule has 8 heavy (non-hydrogen) atoms. The molecule has 1 N–H and O–H groups in total. The Hall–Kier alpha value is -0.720. The van der Waals surface area contributed by atoms with Gasteiger partial charge in [-0.2, -0.15) is 0 Å². The van der Waals surface area contributed by atoms with Crippen LogP contribution in [-0.4, -0.2) is 5.11 Å². The van der Waals surface area contributed by atoms with E-state index in [2.05, 4.69) is 0 Å². The minimum absolute atomic E-state index is 0.368. The summed E-state index contributed by atoms with van der Waals surface area (Å²) in [6, 6.07) is 0. The first kappa shape index (κ1) is 7.28. The molecule has 0 amide bonds. The number of hydrogen-bond donors (Lipinski definition) is 1.